The zero-order valence-corrected chi connectivity index (χ0v) is 17.2. The van der Waals surface area contributed by atoms with Crippen LogP contribution in [0, 0.1) is 13.8 Å². The lowest BCUT2D eigenvalue weighted by molar-refractivity contribution is 0.276. The topological polar surface area (TPSA) is 55.1 Å². The Bertz CT molecular complexity index is 1320. The van der Waals surface area contributed by atoms with E-state index in [-0.39, 0.29) is 12.0 Å². The number of pyridine rings is 2. The first kappa shape index (κ1) is 19.8. The molecule has 0 aliphatic heterocycles. The molecule has 0 fully saturated rings. The average Bonchev–Trinajstić information content (AvgIpc) is 2.77. The molecule has 0 aliphatic carbocycles. The second-order valence-corrected chi connectivity index (χ2v) is 7.57. The molecule has 4 aromatic rings. The Hall–Kier alpha value is -3.50. The molecular formula is C26H24N2O2. The van der Waals surface area contributed by atoms with Crippen LogP contribution in [-0.2, 0) is 13.2 Å². The highest BCUT2D eigenvalue weighted by atomic mass is 16.3. The second-order valence-electron chi connectivity index (χ2n) is 7.57. The normalized spacial score (nSPS) is 11.0. The van der Waals surface area contributed by atoms with E-state index in [1.54, 1.807) is 6.07 Å². The Labute approximate surface area is 175 Å². The van der Waals surface area contributed by atoms with Crippen molar-refractivity contribution in [3.8, 4) is 0 Å². The minimum Gasteiger partial charge on any atom is -0.390 e. The fourth-order valence-electron chi connectivity index (χ4n) is 3.66. The van der Waals surface area contributed by atoms with Crippen molar-refractivity contribution in [2.24, 2.45) is 0 Å². The molecule has 4 heteroatoms. The highest BCUT2D eigenvalue weighted by molar-refractivity contribution is 5.86. The molecule has 0 saturated carbocycles. The molecule has 0 unspecified atom stereocenters. The van der Waals surface area contributed by atoms with E-state index in [1.807, 2.05) is 53.2 Å². The maximum absolute atomic E-state index is 13.3. The quantitative estimate of drug-likeness (QED) is 0.536. The van der Waals surface area contributed by atoms with Crippen LogP contribution in [0.5, 0.6) is 0 Å². The molecule has 2 aromatic carbocycles. The Balaban J connectivity index is 1.86. The van der Waals surface area contributed by atoms with E-state index in [1.165, 1.54) is 11.1 Å². The first-order valence-electron chi connectivity index (χ1n) is 9.92. The van der Waals surface area contributed by atoms with Crippen LogP contribution >= 0.6 is 0 Å². The molecule has 0 spiro atoms. The smallest absolute Gasteiger partial charge is 0.197 e. The molecule has 2 aromatic heterocycles. The van der Waals surface area contributed by atoms with E-state index in [0.717, 1.165) is 16.8 Å². The lowest BCUT2D eigenvalue weighted by Crippen LogP contribution is -2.15. The third kappa shape index (κ3) is 3.70. The van der Waals surface area contributed by atoms with Crippen molar-refractivity contribution in [1.29, 1.82) is 0 Å². The zero-order valence-electron chi connectivity index (χ0n) is 17.2. The van der Waals surface area contributed by atoms with Gasteiger partial charge < -0.3 is 9.67 Å². The Morgan fingerprint density at radius 3 is 2.53 bits per heavy atom. The average molecular weight is 396 g/mol. The van der Waals surface area contributed by atoms with E-state index in [0.29, 0.717) is 28.8 Å². The van der Waals surface area contributed by atoms with Crippen LogP contribution in [0.4, 0.5) is 0 Å². The molecule has 4 rings (SSSR count). The van der Waals surface area contributed by atoms with Gasteiger partial charge in [-0.2, -0.15) is 0 Å². The van der Waals surface area contributed by atoms with Gasteiger partial charge in [0.2, 0.25) is 0 Å². The Morgan fingerprint density at radius 1 is 1.00 bits per heavy atom. The van der Waals surface area contributed by atoms with Gasteiger partial charge >= 0.3 is 0 Å². The summed E-state index contributed by atoms with van der Waals surface area (Å²) in [5.74, 6) is 0. The lowest BCUT2D eigenvalue weighted by Gasteiger charge is -2.15. The Kier molecular flexibility index (Phi) is 5.34. The summed E-state index contributed by atoms with van der Waals surface area (Å²) in [6.45, 7) is 8.76. The van der Waals surface area contributed by atoms with E-state index in [2.05, 4.69) is 37.5 Å². The molecule has 150 valence electrons. The monoisotopic (exact) mass is 396 g/mol. The third-order valence-corrected chi connectivity index (χ3v) is 5.53. The van der Waals surface area contributed by atoms with Gasteiger partial charge in [-0.15, -0.1) is 0 Å². The van der Waals surface area contributed by atoms with Crippen LogP contribution in [0.15, 0.2) is 78.2 Å². The number of aliphatic hydroxyl groups is 1. The molecule has 0 bridgehead atoms. The van der Waals surface area contributed by atoms with Crippen LogP contribution in [0.25, 0.3) is 16.5 Å². The van der Waals surface area contributed by atoms with Gasteiger partial charge in [0.25, 0.3) is 0 Å². The zero-order chi connectivity index (χ0) is 21.3. The standard InChI is InChI=1S/C26H24N2O2/c1-17-11-12-20(13-18(17)2)19(3)24-15-28(14-21-7-6-8-22(16-29)27-21)25-10-5-4-9-23(25)26(24)30/h4-13,15,29H,3,14,16H2,1-2H3. The van der Waals surface area contributed by atoms with E-state index >= 15 is 0 Å². The van der Waals surface area contributed by atoms with Crippen LogP contribution in [0.1, 0.15) is 33.6 Å². The van der Waals surface area contributed by atoms with Crippen LogP contribution < -0.4 is 5.43 Å². The first-order chi connectivity index (χ1) is 14.5. The fraction of sp³-hybridized carbons (Fsp3) is 0.154. The minimum atomic E-state index is -0.104. The molecule has 4 nitrogen and oxygen atoms in total. The number of para-hydroxylation sites is 1. The minimum absolute atomic E-state index is 0.0258. The van der Waals surface area contributed by atoms with Crippen LogP contribution in [0.2, 0.25) is 0 Å². The van der Waals surface area contributed by atoms with Crippen molar-refractivity contribution in [3.05, 3.63) is 117 Å². The number of rotatable bonds is 5. The third-order valence-electron chi connectivity index (χ3n) is 5.53. The number of aromatic nitrogens is 2. The summed E-state index contributed by atoms with van der Waals surface area (Å²) in [5.41, 5.74) is 6.86. The van der Waals surface area contributed by atoms with Gasteiger partial charge in [0.15, 0.2) is 5.43 Å². The number of aryl methyl sites for hydroxylation is 2. The molecule has 0 radical (unpaired) electrons. The van der Waals surface area contributed by atoms with Crippen molar-refractivity contribution < 1.29 is 5.11 Å². The van der Waals surface area contributed by atoms with Gasteiger partial charge in [0, 0.05) is 17.1 Å². The SMILES string of the molecule is C=C(c1ccc(C)c(C)c1)c1cn(Cc2cccc(CO)n2)c2ccccc2c1=O. The van der Waals surface area contributed by atoms with Crippen molar-refractivity contribution in [1.82, 2.24) is 9.55 Å². The van der Waals surface area contributed by atoms with Crippen molar-refractivity contribution >= 4 is 16.5 Å². The summed E-state index contributed by atoms with van der Waals surface area (Å²) in [4.78, 5) is 17.8. The van der Waals surface area contributed by atoms with Gasteiger partial charge in [0.05, 0.1) is 30.1 Å². The number of fused-ring (bicyclic) bond motifs is 1. The van der Waals surface area contributed by atoms with Gasteiger partial charge in [0.1, 0.15) is 0 Å². The number of hydrogen-bond acceptors (Lipinski definition) is 3. The number of hydrogen-bond donors (Lipinski definition) is 1. The summed E-state index contributed by atoms with van der Waals surface area (Å²) in [5, 5.41) is 10.1. The van der Waals surface area contributed by atoms with Gasteiger partial charge in [-0.1, -0.05) is 43.0 Å². The molecule has 0 aliphatic rings. The second kappa shape index (κ2) is 8.09. The molecule has 1 N–H and O–H groups in total. The predicted molar refractivity (Wildman–Crippen MR) is 122 cm³/mol. The first-order valence-corrected chi connectivity index (χ1v) is 9.92. The molecule has 0 amide bonds. The molecule has 30 heavy (non-hydrogen) atoms. The van der Waals surface area contributed by atoms with Crippen LogP contribution in [0.3, 0.4) is 0 Å². The fourth-order valence-corrected chi connectivity index (χ4v) is 3.66. The lowest BCUT2D eigenvalue weighted by atomic mass is 9.96. The number of nitrogens with zero attached hydrogens (tertiary/aromatic N) is 2. The summed E-state index contributed by atoms with van der Waals surface area (Å²) in [7, 11) is 0. The predicted octanol–water partition coefficient (Wildman–Crippen LogP) is 4.62. The van der Waals surface area contributed by atoms with Crippen LogP contribution in [-0.4, -0.2) is 14.7 Å². The van der Waals surface area contributed by atoms with Crippen molar-refractivity contribution in [2.45, 2.75) is 27.0 Å². The summed E-state index contributed by atoms with van der Waals surface area (Å²) in [6, 6.07) is 19.3. The summed E-state index contributed by atoms with van der Waals surface area (Å²) in [6.07, 6.45) is 1.87. The van der Waals surface area contributed by atoms with Crippen molar-refractivity contribution in [3.63, 3.8) is 0 Å². The van der Waals surface area contributed by atoms with Gasteiger partial charge in [-0.25, -0.2) is 0 Å². The van der Waals surface area contributed by atoms with E-state index in [4.69, 9.17) is 0 Å². The van der Waals surface area contributed by atoms with Gasteiger partial charge in [-0.3, -0.25) is 9.78 Å². The summed E-state index contributed by atoms with van der Waals surface area (Å²) < 4.78 is 2.03. The largest absolute Gasteiger partial charge is 0.390 e. The Morgan fingerprint density at radius 2 is 1.77 bits per heavy atom. The maximum atomic E-state index is 13.3. The highest BCUT2D eigenvalue weighted by Gasteiger charge is 2.14. The molecule has 0 atom stereocenters. The molecule has 2 heterocycles. The summed E-state index contributed by atoms with van der Waals surface area (Å²) >= 11 is 0. The molecular weight excluding hydrogens is 372 g/mol. The van der Waals surface area contributed by atoms with E-state index in [9.17, 15) is 9.90 Å². The highest BCUT2D eigenvalue weighted by Crippen LogP contribution is 2.24. The maximum Gasteiger partial charge on any atom is 0.197 e. The molecule has 0 saturated heterocycles. The van der Waals surface area contributed by atoms with E-state index < -0.39 is 0 Å². The van der Waals surface area contributed by atoms with Crippen molar-refractivity contribution in [2.75, 3.05) is 0 Å². The number of aliphatic hydroxyl groups excluding tert-OH is 1. The van der Waals surface area contributed by atoms with Gasteiger partial charge in [-0.05, 0) is 60.4 Å². The number of benzene rings is 2.